The summed E-state index contributed by atoms with van der Waals surface area (Å²) in [4.78, 5) is 21.2. The highest BCUT2D eigenvalue weighted by atomic mass is 16.3. The topological polar surface area (TPSA) is 170 Å². The number of carbonyl (C=O) groups is 1. The number of azo groups is 1. The molecule has 0 bridgehead atoms. The molecule has 12 nitrogen and oxygen atoms in total. The van der Waals surface area contributed by atoms with Crippen molar-refractivity contribution >= 4 is 34.0 Å². The number of amides is 1. The number of aryl methyl sites for hydroxylation is 1. The molecule has 0 aliphatic heterocycles. The van der Waals surface area contributed by atoms with Gasteiger partial charge in [-0.15, -0.1) is 10.2 Å². The van der Waals surface area contributed by atoms with Crippen molar-refractivity contribution in [1.82, 2.24) is 29.9 Å². The van der Waals surface area contributed by atoms with Gasteiger partial charge in [0.1, 0.15) is 23.1 Å². The molecule has 2 aromatic carbocycles. The van der Waals surface area contributed by atoms with Gasteiger partial charge in [0.05, 0.1) is 17.5 Å². The Bertz CT molecular complexity index is 1630. The highest BCUT2D eigenvalue weighted by Crippen LogP contribution is 2.40. The first kappa shape index (κ1) is 21.4. The highest BCUT2D eigenvalue weighted by Gasteiger charge is 2.20. The molecule has 0 saturated carbocycles. The number of phenols is 1. The number of nitrogens with one attached hydrogen (secondary N) is 2. The van der Waals surface area contributed by atoms with Crippen LogP contribution in [0, 0.1) is 18.3 Å². The van der Waals surface area contributed by atoms with E-state index in [0.717, 1.165) is 0 Å². The van der Waals surface area contributed by atoms with Gasteiger partial charge in [0, 0.05) is 23.8 Å². The van der Waals surface area contributed by atoms with E-state index < -0.39 is 5.91 Å². The molecule has 12 heteroatoms. The fourth-order valence-corrected chi connectivity index (χ4v) is 3.43. The summed E-state index contributed by atoms with van der Waals surface area (Å²) >= 11 is 0. The van der Waals surface area contributed by atoms with Crippen LogP contribution in [0.25, 0.3) is 16.7 Å². The number of hydrogen-bond donors (Lipinski definition) is 3. The fourth-order valence-electron chi connectivity index (χ4n) is 3.43. The summed E-state index contributed by atoms with van der Waals surface area (Å²) in [6.07, 6.45) is 4.37. The predicted octanol–water partition coefficient (Wildman–Crippen LogP) is 4.09. The smallest absolute Gasteiger partial charge is 0.260 e. The molecule has 0 unspecified atom stereocenters. The second kappa shape index (κ2) is 8.83. The summed E-state index contributed by atoms with van der Waals surface area (Å²) in [7, 11) is 0. The Labute approximate surface area is 197 Å². The number of H-pyrrole nitrogens is 1. The lowest BCUT2D eigenvalue weighted by atomic mass is 10.0. The molecule has 170 valence electrons. The van der Waals surface area contributed by atoms with Crippen molar-refractivity contribution in [3.05, 3.63) is 77.9 Å². The Hall–Kier alpha value is -5.44. The Morgan fingerprint density at radius 2 is 1.97 bits per heavy atom. The number of phenolic OH excluding ortho intramolecular Hbond substituents is 1. The van der Waals surface area contributed by atoms with Crippen LogP contribution < -0.4 is 5.32 Å². The van der Waals surface area contributed by atoms with E-state index in [2.05, 4.69) is 40.8 Å². The first-order valence-corrected chi connectivity index (χ1v) is 10.3. The van der Waals surface area contributed by atoms with E-state index in [9.17, 15) is 15.2 Å². The SMILES string of the molecule is Cc1cc(NC(=O)c2cc3ccccc3c(/N=N/c3c(C#N)cnn3-c3ncccn3)c2O)[nH]n1. The molecular formula is C23H16N10O2. The number of nitrogens with zero attached hydrogens (tertiary/aromatic N) is 8. The van der Waals surface area contributed by atoms with Crippen molar-refractivity contribution in [3.8, 4) is 17.8 Å². The maximum atomic E-state index is 12.9. The fraction of sp³-hybridized carbons (Fsp3) is 0.0435. The summed E-state index contributed by atoms with van der Waals surface area (Å²) in [5, 5.41) is 43.7. The summed E-state index contributed by atoms with van der Waals surface area (Å²) < 4.78 is 1.26. The zero-order valence-electron chi connectivity index (χ0n) is 18.2. The van der Waals surface area contributed by atoms with E-state index in [-0.39, 0.29) is 34.3 Å². The molecule has 0 aliphatic carbocycles. The van der Waals surface area contributed by atoms with Crippen molar-refractivity contribution in [1.29, 1.82) is 5.26 Å². The van der Waals surface area contributed by atoms with Gasteiger partial charge in [0.25, 0.3) is 11.9 Å². The standard InChI is InChI=1S/C23H16N10O2/c1-13-9-18(30-29-13)28-22(35)17-10-14-5-2-3-6-16(14)19(20(17)34)31-32-21-15(11-24)12-27-33(21)23-25-7-4-8-26-23/h2-10,12,34H,1H3,(H2,28,29,30,35)/b32-31+. The number of nitriles is 1. The minimum Gasteiger partial charge on any atom is -0.505 e. The third-order valence-electron chi connectivity index (χ3n) is 5.04. The number of aromatic nitrogens is 6. The molecule has 0 fully saturated rings. The molecule has 0 spiro atoms. The molecule has 1 amide bonds. The van der Waals surface area contributed by atoms with Crippen LogP contribution in [-0.4, -0.2) is 41.0 Å². The molecule has 3 N–H and O–H groups in total. The lowest BCUT2D eigenvalue weighted by Gasteiger charge is -2.10. The van der Waals surface area contributed by atoms with E-state index in [4.69, 9.17) is 0 Å². The molecule has 0 aliphatic rings. The van der Waals surface area contributed by atoms with Crippen molar-refractivity contribution in [2.45, 2.75) is 6.92 Å². The lowest BCUT2D eigenvalue weighted by molar-refractivity contribution is 0.102. The van der Waals surface area contributed by atoms with Gasteiger partial charge in [-0.1, -0.05) is 24.3 Å². The van der Waals surface area contributed by atoms with Crippen molar-refractivity contribution in [2.24, 2.45) is 10.2 Å². The molecule has 35 heavy (non-hydrogen) atoms. The number of aromatic hydroxyl groups is 1. The van der Waals surface area contributed by atoms with E-state index in [1.165, 1.54) is 23.3 Å². The average Bonchev–Trinajstić information content (AvgIpc) is 3.48. The number of anilines is 1. The monoisotopic (exact) mass is 464 g/mol. The summed E-state index contributed by atoms with van der Waals surface area (Å²) in [5.41, 5.74) is 0.878. The Morgan fingerprint density at radius 1 is 1.17 bits per heavy atom. The van der Waals surface area contributed by atoms with Gasteiger partial charge in [-0.3, -0.25) is 9.89 Å². The zero-order chi connectivity index (χ0) is 24.4. The highest BCUT2D eigenvalue weighted by molar-refractivity contribution is 6.11. The van der Waals surface area contributed by atoms with Gasteiger partial charge in [0.2, 0.25) is 0 Å². The Kier molecular flexibility index (Phi) is 5.40. The van der Waals surface area contributed by atoms with Crippen LogP contribution in [0.3, 0.4) is 0 Å². The van der Waals surface area contributed by atoms with Crippen molar-refractivity contribution < 1.29 is 9.90 Å². The quantitative estimate of drug-likeness (QED) is 0.329. The van der Waals surface area contributed by atoms with Crippen molar-refractivity contribution in [2.75, 3.05) is 5.32 Å². The largest absolute Gasteiger partial charge is 0.505 e. The van der Waals surface area contributed by atoms with Crippen LogP contribution in [0.1, 0.15) is 21.6 Å². The maximum absolute atomic E-state index is 12.9. The van der Waals surface area contributed by atoms with Gasteiger partial charge in [-0.2, -0.15) is 20.1 Å². The minimum atomic E-state index is -0.561. The molecule has 5 rings (SSSR count). The molecular weight excluding hydrogens is 448 g/mol. The lowest BCUT2D eigenvalue weighted by Crippen LogP contribution is -2.12. The molecule has 0 atom stereocenters. The van der Waals surface area contributed by atoms with E-state index in [0.29, 0.717) is 22.3 Å². The maximum Gasteiger partial charge on any atom is 0.260 e. The summed E-state index contributed by atoms with van der Waals surface area (Å²) in [6, 6.07) is 14.0. The Morgan fingerprint density at radius 3 is 2.71 bits per heavy atom. The predicted molar refractivity (Wildman–Crippen MR) is 125 cm³/mol. The Balaban J connectivity index is 1.61. The van der Waals surface area contributed by atoms with Crippen LogP contribution in [0.2, 0.25) is 0 Å². The van der Waals surface area contributed by atoms with Crippen molar-refractivity contribution in [3.63, 3.8) is 0 Å². The second-order valence-electron chi connectivity index (χ2n) is 7.37. The van der Waals surface area contributed by atoms with Gasteiger partial charge in [-0.05, 0) is 24.4 Å². The molecule has 5 aromatic rings. The van der Waals surface area contributed by atoms with Gasteiger partial charge < -0.3 is 10.4 Å². The molecule has 3 heterocycles. The van der Waals surface area contributed by atoms with E-state index in [1.807, 2.05) is 6.07 Å². The van der Waals surface area contributed by atoms with Gasteiger partial charge in [0.15, 0.2) is 11.6 Å². The number of fused-ring (bicyclic) bond motifs is 1. The van der Waals surface area contributed by atoms with Crippen LogP contribution in [-0.2, 0) is 0 Å². The van der Waals surface area contributed by atoms with Crippen LogP contribution in [0.4, 0.5) is 17.3 Å². The molecule has 0 radical (unpaired) electrons. The van der Waals surface area contributed by atoms with Gasteiger partial charge in [-0.25, -0.2) is 9.97 Å². The van der Waals surface area contributed by atoms with E-state index in [1.54, 1.807) is 49.4 Å². The van der Waals surface area contributed by atoms with E-state index >= 15 is 0 Å². The molecule has 0 saturated heterocycles. The number of carbonyl (C=O) groups excluding carboxylic acids is 1. The van der Waals surface area contributed by atoms with Crippen LogP contribution >= 0.6 is 0 Å². The molecule has 3 aromatic heterocycles. The average molecular weight is 464 g/mol. The van der Waals surface area contributed by atoms with Crippen LogP contribution in [0.5, 0.6) is 5.75 Å². The van der Waals surface area contributed by atoms with Gasteiger partial charge >= 0.3 is 0 Å². The minimum absolute atomic E-state index is 0.00897. The van der Waals surface area contributed by atoms with Crippen LogP contribution in [0.15, 0.2) is 71.3 Å². The third kappa shape index (κ3) is 4.05. The zero-order valence-corrected chi connectivity index (χ0v) is 18.2. The third-order valence-corrected chi connectivity index (χ3v) is 5.04. The number of aromatic amines is 1. The second-order valence-corrected chi connectivity index (χ2v) is 7.37. The number of hydrogen-bond acceptors (Lipinski definition) is 9. The normalized spacial score (nSPS) is 11.1. The summed E-state index contributed by atoms with van der Waals surface area (Å²) in [5.74, 6) is -0.283. The number of benzene rings is 2. The number of rotatable bonds is 5. The first-order chi connectivity index (χ1) is 17.0. The summed E-state index contributed by atoms with van der Waals surface area (Å²) in [6.45, 7) is 1.78. The first-order valence-electron chi connectivity index (χ1n) is 10.3.